The van der Waals surface area contributed by atoms with Crippen LogP contribution in [0.15, 0.2) is 10.5 Å². The zero-order valence-corrected chi connectivity index (χ0v) is 13.4. The third-order valence-electron chi connectivity index (χ3n) is 4.51. The molecule has 0 unspecified atom stereocenters. The Labute approximate surface area is 126 Å². The highest BCUT2D eigenvalue weighted by Crippen LogP contribution is 2.24. The Morgan fingerprint density at radius 2 is 2.10 bits per heavy atom. The van der Waals surface area contributed by atoms with Crippen LogP contribution >= 0.6 is 0 Å². The number of nitrogens with one attached hydrogen (secondary N) is 1. The van der Waals surface area contributed by atoms with E-state index in [2.05, 4.69) is 17.3 Å². The van der Waals surface area contributed by atoms with Crippen molar-refractivity contribution < 1.29 is 13.9 Å². The molecule has 0 bridgehead atoms. The lowest BCUT2D eigenvalue weighted by Crippen LogP contribution is -2.39. The third-order valence-corrected chi connectivity index (χ3v) is 4.51. The molecule has 0 saturated heterocycles. The molecule has 1 fully saturated rings. The van der Waals surface area contributed by atoms with Crippen LogP contribution in [0.5, 0.6) is 0 Å². The van der Waals surface area contributed by atoms with Gasteiger partial charge in [0, 0.05) is 12.1 Å². The van der Waals surface area contributed by atoms with E-state index in [1.807, 2.05) is 7.05 Å². The van der Waals surface area contributed by atoms with E-state index in [1.54, 1.807) is 13.0 Å². The lowest BCUT2D eigenvalue weighted by Gasteiger charge is -2.34. The predicted octanol–water partition coefficient (Wildman–Crippen LogP) is 2.34. The molecule has 0 spiro atoms. The first-order chi connectivity index (χ1) is 10.0. The summed E-state index contributed by atoms with van der Waals surface area (Å²) in [5.41, 5.74) is 0.528. The molecule has 1 aromatic rings. The van der Waals surface area contributed by atoms with Crippen molar-refractivity contribution in [3.8, 4) is 0 Å². The Bertz CT molecular complexity index is 476. The van der Waals surface area contributed by atoms with Gasteiger partial charge >= 0.3 is 5.97 Å². The van der Waals surface area contributed by atoms with Crippen LogP contribution in [0.1, 0.15) is 47.6 Å². The van der Waals surface area contributed by atoms with Crippen molar-refractivity contribution in [2.24, 2.45) is 0 Å². The smallest absolute Gasteiger partial charge is 0.341 e. The quantitative estimate of drug-likeness (QED) is 0.845. The maximum absolute atomic E-state index is 11.6. The van der Waals surface area contributed by atoms with Gasteiger partial charge in [0.25, 0.3) is 0 Å². The van der Waals surface area contributed by atoms with Crippen molar-refractivity contribution >= 4 is 5.97 Å². The topological polar surface area (TPSA) is 54.7 Å². The molecule has 1 aromatic heterocycles. The number of carbonyl (C=O) groups excluding carboxylic acids is 1. The number of rotatable bonds is 5. The maximum Gasteiger partial charge on any atom is 0.341 e. The molecule has 1 N–H and O–H groups in total. The highest BCUT2D eigenvalue weighted by molar-refractivity contribution is 5.90. The molecule has 2 rings (SSSR count). The number of nitrogens with zero attached hydrogens (tertiary/aromatic N) is 1. The van der Waals surface area contributed by atoms with E-state index in [0.717, 1.165) is 12.3 Å². The van der Waals surface area contributed by atoms with E-state index in [1.165, 1.54) is 32.8 Å². The van der Waals surface area contributed by atoms with Crippen LogP contribution in [0, 0.1) is 6.92 Å². The SMILES string of the molecule is CNC1CCC(N(C)Cc2cc(C(=O)OC)c(C)o2)CC1. The van der Waals surface area contributed by atoms with Gasteiger partial charge in [0.1, 0.15) is 17.1 Å². The van der Waals surface area contributed by atoms with E-state index in [4.69, 9.17) is 9.15 Å². The number of methoxy groups -OCH3 is 1. The average Bonchev–Trinajstić information content (AvgIpc) is 2.87. The normalized spacial score (nSPS) is 22.5. The standard InChI is InChI=1S/C16H26N2O3/c1-11-15(16(19)20-4)9-14(21-11)10-18(3)13-7-5-12(17-2)6-8-13/h9,12-13,17H,5-8,10H2,1-4H3. The number of hydrogen-bond donors (Lipinski definition) is 1. The Morgan fingerprint density at radius 3 is 2.67 bits per heavy atom. The van der Waals surface area contributed by atoms with Gasteiger partial charge < -0.3 is 14.5 Å². The first kappa shape index (κ1) is 16.0. The molecule has 0 aromatic carbocycles. The van der Waals surface area contributed by atoms with Crippen LogP contribution in [-0.2, 0) is 11.3 Å². The van der Waals surface area contributed by atoms with E-state index in [0.29, 0.717) is 23.4 Å². The van der Waals surface area contributed by atoms with Crippen molar-refractivity contribution in [1.29, 1.82) is 0 Å². The second-order valence-electron chi connectivity index (χ2n) is 5.88. The lowest BCUT2D eigenvalue weighted by molar-refractivity contribution is 0.0599. The molecule has 5 nitrogen and oxygen atoms in total. The Morgan fingerprint density at radius 1 is 1.43 bits per heavy atom. The second-order valence-corrected chi connectivity index (χ2v) is 5.88. The lowest BCUT2D eigenvalue weighted by atomic mass is 9.90. The van der Waals surface area contributed by atoms with Gasteiger partial charge in [-0.25, -0.2) is 4.79 Å². The fourth-order valence-corrected chi connectivity index (χ4v) is 3.11. The molecule has 21 heavy (non-hydrogen) atoms. The van der Waals surface area contributed by atoms with Gasteiger partial charge in [-0.15, -0.1) is 0 Å². The molecule has 118 valence electrons. The molecule has 1 heterocycles. The summed E-state index contributed by atoms with van der Waals surface area (Å²) in [5, 5.41) is 3.35. The average molecular weight is 294 g/mol. The van der Waals surface area contributed by atoms with Crippen LogP contribution in [0.3, 0.4) is 0 Å². The Hall–Kier alpha value is -1.33. The van der Waals surface area contributed by atoms with Crippen LogP contribution in [0.4, 0.5) is 0 Å². The Balaban J connectivity index is 1.94. The summed E-state index contributed by atoms with van der Waals surface area (Å²) in [6.07, 6.45) is 4.84. The molecule has 1 aliphatic carbocycles. The van der Waals surface area contributed by atoms with Gasteiger partial charge in [-0.1, -0.05) is 0 Å². The molecule has 1 saturated carbocycles. The number of aryl methyl sites for hydroxylation is 1. The molecular formula is C16H26N2O3. The van der Waals surface area contributed by atoms with Crippen LogP contribution in [0.25, 0.3) is 0 Å². The van der Waals surface area contributed by atoms with Gasteiger partial charge in [-0.05, 0) is 52.8 Å². The van der Waals surface area contributed by atoms with Crippen molar-refractivity contribution in [3.63, 3.8) is 0 Å². The number of esters is 1. The summed E-state index contributed by atoms with van der Waals surface area (Å²) in [5.74, 6) is 1.12. The molecule has 1 aliphatic rings. The molecule has 5 heteroatoms. The van der Waals surface area contributed by atoms with Gasteiger partial charge in [-0.2, -0.15) is 0 Å². The predicted molar refractivity (Wildman–Crippen MR) is 81.4 cm³/mol. The van der Waals surface area contributed by atoms with E-state index < -0.39 is 0 Å². The van der Waals surface area contributed by atoms with Crippen LogP contribution in [-0.4, -0.2) is 44.2 Å². The van der Waals surface area contributed by atoms with Crippen molar-refractivity contribution in [2.75, 3.05) is 21.2 Å². The van der Waals surface area contributed by atoms with Crippen molar-refractivity contribution in [3.05, 3.63) is 23.2 Å². The van der Waals surface area contributed by atoms with E-state index >= 15 is 0 Å². The van der Waals surface area contributed by atoms with E-state index in [9.17, 15) is 4.79 Å². The monoisotopic (exact) mass is 294 g/mol. The Kier molecular flexibility index (Phi) is 5.42. The minimum Gasteiger partial charge on any atom is -0.465 e. The first-order valence-corrected chi connectivity index (χ1v) is 7.60. The number of carbonyl (C=O) groups is 1. The largest absolute Gasteiger partial charge is 0.465 e. The summed E-state index contributed by atoms with van der Waals surface area (Å²) >= 11 is 0. The minimum absolute atomic E-state index is 0.334. The molecular weight excluding hydrogens is 268 g/mol. The van der Waals surface area contributed by atoms with Crippen molar-refractivity contribution in [2.45, 2.75) is 51.2 Å². The van der Waals surface area contributed by atoms with Gasteiger partial charge in [0.05, 0.1) is 13.7 Å². The highest BCUT2D eigenvalue weighted by atomic mass is 16.5. The summed E-state index contributed by atoms with van der Waals surface area (Å²) in [6.45, 7) is 2.53. The fourth-order valence-electron chi connectivity index (χ4n) is 3.11. The summed E-state index contributed by atoms with van der Waals surface area (Å²) in [4.78, 5) is 13.9. The summed E-state index contributed by atoms with van der Waals surface area (Å²) in [7, 11) is 5.55. The van der Waals surface area contributed by atoms with Gasteiger partial charge in [0.15, 0.2) is 0 Å². The molecule has 0 aliphatic heterocycles. The van der Waals surface area contributed by atoms with E-state index in [-0.39, 0.29) is 5.97 Å². The number of hydrogen-bond acceptors (Lipinski definition) is 5. The zero-order valence-electron chi connectivity index (χ0n) is 13.4. The van der Waals surface area contributed by atoms with Gasteiger partial charge in [-0.3, -0.25) is 4.90 Å². The first-order valence-electron chi connectivity index (χ1n) is 7.60. The zero-order chi connectivity index (χ0) is 15.4. The highest BCUT2D eigenvalue weighted by Gasteiger charge is 2.24. The van der Waals surface area contributed by atoms with Crippen LogP contribution < -0.4 is 5.32 Å². The summed E-state index contributed by atoms with van der Waals surface area (Å²) in [6, 6.07) is 3.05. The third kappa shape index (κ3) is 3.86. The molecule has 0 amide bonds. The van der Waals surface area contributed by atoms with Crippen molar-refractivity contribution in [1.82, 2.24) is 10.2 Å². The van der Waals surface area contributed by atoms with Gasteiger partial charge in [0.2, 0.25) is 0 Å². The second kappa shape index (κ2) is 7.09. The fraction of sp³-hybridized carbons (Fsp3) is 0.688. The maximum atomic E-state index is 11.6. The summed E-state index contributed by atoms with van der Waals surface area (Å²) < 4.78 is 10.4. The molecule has 0 atom stereocenters. The number of ether oxygens (including phenoxy) is 1. The minimum atomic E-state index is -0.334. The number of furan rings is 1. The molecule has 0 radical (unpaired) electrons. The van der Waals surface area contributed by atoms with Crippen LogP contribution in [0.2, 0.25) is 0 Å².